The Morgan fingerprint density at radius 3 is 2.63 bits per heavy atom. The maximum Gasteiger partial charge on any atom is 0.315 e. The van der Waals surface area contributed by atoms with Gasteiger partial charge in [0.05, 0.1) is 6.42 Å². The molecule has 0 saturated heterocycles. The Morgan fingerprint density at radius 2 is 2.05 bits per heavy atom. The van der Waals surface area contributed by atoms with Gasteiger partial charge in [-0.05, 0) is 36.5 Å². The van der Waals surface area contributed by atoms with E-state index in [4.69, 9.17) is 5.11 Å². The average molecular weight is 263 g/mol. The fourth-order valence-corrected chi connectivity index (χ4v) is 1.92. The topological polar surface area (TPSA) is 91.3 Å². The summed E-state index contributed by atoms with van der Waals surface area (Å²) in [5.41, 5.74) is 0.950. The van der Waals surface area contributed by atoms with Crippen LogP contribution in [0.4, 0.5) is 4.79 Å². The van der Waals surface area contributed by atoms with Gasteiger partial charge in [0.2, 0.25) is 0 Å². The van der Waals surface area contributed by atoms with Gasteiger partial charge in [0, 0.05) is 25.0 Å². The Balaban J connectivity index is 1.77. The first kappa shape index (κ1) is 13.3. The normalized spacial score (nSPS) is 15.6. The number of carboxylic acids is 1. The zero-order chi connectivity index (χ0) is 13.7. The van der Waals surface area contributed by atoms with Crippen molar-refractivity contribution >= 4 is 12.0 Å². The van der Waals surface area contributed by atoms with E-state index in [1.807, 2.05) is 12.1 Å². The maximum absolute atomic E-state index is 11.7. The number of carboxylic acid groups (broad SMARTS) is 1. The molecule has 0 bridgehead atoms. The Bertz CT molecular complexity index is 446. The van der Waals surface area contributed by atoms with Crippen molar-refractivity contribution in [2.45, 2.75) is 31.8 Å². The summed E-state index contributed by atoms with van der Waals surface area (Å²) >= 11 is 0. The molecule has 6 heteroatoms. The number of amides is 2. The van der Waals surface area contributed by atoms with Crippen molar-refractivity contribution in [1.82, 2.24) is 15.6 Å². The molecule has 1 aliphatic rings. The van der Waals surface area contributed by atoms with Crippen LogP contribution < -0.4 is 10.6 Å². The third-order valence-electron chi connectivity index (χ3n) is 3.10. The summed E-state index contributed by atoms with van der Waals surface area (Å²) in [6, 6.07) is 3.04. The summed E-state index contributed by atoms with van der Waals surface area (Å²) in [7, 11) is 0. The van der Waals surface area contributed by atoms with Crippen LogP contribution in [0.3, 0.4) is 0 Å². The lowest BCUT2D eigenvalue weighted by Crippen LogP contribution is -2.43. The number of rotatable bonds is 6. The van der Waals surface area contributed by atoms with Gasteiger partial charge in [0.15, 0.2) is 0 Å². The molecule has 19 heavy (non-hydrogen) atoms. The summed E-state index contributed by atoms with van der Waals surface area (Å²) in [6.07, 6.45) is 5.28. The van der Waals surface area contributed by atoms with E-state index < -0.39 is 5.97 Å². The number of aliphatic carboxylic acids is 1. The quantitative estimate of drug-likeness (QED) is 0.717. The smallest absolute Gasteiger partial charge is 0.315 e. The van der Waals surface area contributed by atoms with Gasteiger partial charge in [0.1, 0.15) is 0 Å². The molecule has 102 valence electrons. The van der Waals surface area contributed by atoms with E-state index in [2.05, 4.69) is 15.6 Å². The molecule has 1 saturated carbocycles. The first-order chi connectivity index (χ1) is 9.15. The lowest BCUT2D eigenvalue weighted by molar-refractivity contribution is -0.137. The molecule has 2 amide bonds. The zero-order valence-electron chi connectivity index (χ0n) is 10.5. The number of aromatic nitrogens is 1. The second-order valence-electron chi connectivity index (χ2n) is 4.72. The van der Waals surface area contributed by atoms with Crippen LogP contribution in [0.2, 0.25) is 0 Å². The van der Waals surface area contributed by atoms with E-state index in [0.29, 0.717) is 12.5 Å². The predicted molar refractivity (Wildman–Crippen MR) is 68.4 cm³/mol. The number of hydrogen-bond donors (Lipinski definition) is 3. The number of carbonyl (C=O) groups is 2. The molecule has 1 unspecified atom stereocenters. The molecule has 0 spiro atoms. The van der Waals surface area contributed by atoms with Crippen molar-refractivity contribution in [3.63, 3.8) is 0 Å². The third kappa shape index (κ3) is 4.57. The summed E-state index contributed by atoms with van der Waals surface area (Å²) < 4.78 is 0. The number of pyridine rings is 1. The van der Waals surface area contributed by atoms with Gasteiger partial charge in [-0.15, -0.1) is 0 Å². The van der Waals surface area contributed by atoms with Crippen molar-refractivity contribution in [3.05, 3.63) is 30.1 Å². The number of nitrogens with one attached hydrogen (secondary N) is 2. The van der Waals surface area contributed by atoms with Crippen molar-refractivity contribution in [1.29, 1.82) is 0 Å². The van der Waals surface area contributed by atoms with E-state index in [1.165, 1.54) is 0 Å². The van der Waals surface area contributed by atoms with Crippen LogP contribution in [0, 0.1) is 5.92 Å². The summed E-state index contributed by atoms with van der Waals surface area (Å²) in [5.74, 6) is -0.575. The second kappa shape index (κ2) is 6.17. The number of urea groups is 1. The predicted octanol–water partition coefficient (Wildman–Crippen LogP) is 1.13. The van der Waals surface area contributed by atoms with Gasteiger partial charge in [-0.25, -0.2) is 4.79 Å². The van der Waals surface area contributed by atoms with Gasteiger partial charge in [0.25, 0.3) is 0 Å². The molecule has 1 aromatic heterocycles. The first-order valence-electron chi connectivity index (χ1n) is 6.30. The Hall–Kier alpha value is -2.11. The van der Waals surface area contributed by atoms with E-state index in [9.17, 15) is 9.59 Å². The highest BCUT2D eigenvalue weighted by Gasteiger charge is 2.33. The third-order valence-corrected chi connectivity index (χ3v) is 3.10. The lowest BCUT2D eigenvalue weighted by atomic mass is 10.1. The van der Waals surface area contributed by atoms with E-state index in [0.717, 1.165) is 18.4 Å². The van der Waals surface area contributed by atoms with Crippen LogP contribution in [0.25, 0.3) is 0 Å². The van der Waals surface area contributed by atoms with E-state index in [-0.39, 0.29) is 18.5 Å². The highest BCUT2D eigenvalue weighted by atomic mass is 16.4. The minimum atomic E-state index is -0.883. The van der Waals surface area contributed by atoms with Gasteiger partial charge in [-0.2, -0.15) is 0 Å². The van der Waals surface area contributed by atoms with Crippen LogP contribution >= 0.6 is 0 Å². The summed E-state index contributed by atoms with van der Waals surface area (Å²) in [5, 5.41) is 14.3. The molecule has 1 atom stereocenters. The van der Waals surface area contributed by atoms with Gasteiger partial charge >= 0.3 is 12.0 Å². The molecule has 1 aliphatic carbocycles. The Morgan fingerprint density at radius 1 is 1.37 bits per heavy atom. The van der Waals surface area contributed by atoms with Crippen LogP contribution in [0.5, 0.6) is 0 Å². The van der Waals surface area contributed by atoms with E-state index >= 15 is 0 Å². The van der Waals surface area contributed by atoms with Gasteiger partial charge < -0.3 is 15.7 Å². The van der Waals surface area contributed by atoms with Crippen LogP contribution in [0.1, 0.15) is 24.8 Å². The molecule has 3 N–H and O–H groups in total. The maximum atomic E-state index is 11.7. The minimum Gasteiger partial charge on any atom is -0.481 e. The molecule has 2 rings (SSSR count). The Labute approximate surface area is 111 Å². The van der Waals surface area contributed by atoms with Gasteiger partial charge in [-0.1, -0.05) is 0 Å². The van der Waals surface area contributed by atoms with Crippen molar-refractivity contribution < 1.29 is 14.7 Å². The van der Waals surface area contributed by atoms with Gasteiger partial charge in [-0.3, -0.25) is 9.78 Å². The molecule has 0 aliphatic heterocycles. The number of hydrogen-bond acceptors (Lipinski definition) is 3. The summed E-state index contributed by atoms with van der Waals surface area (Å²) in [6.45, 7) is 0.402. The average Bonchev–Trinajstić information content (AvgIpc) is 3.20. The molecular formula is C13H17N3O3. The summed E-state index contributed by atoms with van der Waals surface area (Å²) in [4.78, 5) is 26.3. The van der Waals surface area contributed by atoms with Crippen LogP contribution in [0.15, 0.2) is 24.5 Å². The standard InChI is InChI=1S/C13H17N3O3/c17-12(18)7-11(10-1-2-10)16-13(19)15-8-9-3-5-14-6-4-9/h3-6,10-11H,1-2,7-8H2,(H,17,18)(H2,15,16,19). The fourth-order valence-electron chi connectivity index (χ4n) is 1.92. The number of carbonyl (C=O) groups excluding carboxylic acids is 1. The van der Waals surface area contributed by atoms with Crippen LogP contribution in [-0.4, -0.2) is 28.1 Å². The number of nitrogens with zero attached hydrogens (tertiary/aromatic N) is 1. The highest BCUT2D eigenvalue weighted by Crippen LogP contribution is 2.33. The first-order valence-corrected chi connectivity index (χ1v) is 6.30. The fraction of sp³-hybridized carbons (Fsp3) is 0.462. The molecule has 0 aromatic carbocycles. The Kier molecular flexibility index (Phi) is 4.33. The van der Waals surface area contributed by atoms with Crippen molar-refractivity contribution in [3.8, 4) is 0 Å². The van der Waals surface area contributed by atoms with Crippen LogP contribution in [-0.2, 0) is 11.3 Å². The van der Waals surface area contributed by atoms with E-state index in [1.54, 1.807) is 12.4 Å². The molecule has 1 aromatic rings. The molecule has 1 heterocycles. The molecular weight excluding hydrogens is 246 g/mol. The SMILES string of the molecule is O=C(O)CC(NC(=O)NCc1ccncc1)C1CC1. The van der Waals surface area contributed by atoms with Crippen molar-refractivity contribution in [2.75, 3.05) is 0 Å². The molecule has 1 fully saturated rings. The molecule has 0 radical (unpaired) electrons. The second-order valence-corrected chi connectivity index (χ2v) is 4.72. The minimum absolute atomic E-state index is 0.0205. The molecule has 6 nitrogen and oxygen atoms in total. The van der Waals surface area contributed by atoms with Crippen molar-refractivity contribution in [2.24, 2.45) is 5.92 Å². The highest BCUT2D eigenvalue weighted by molar-refractivity contribution is 5.75. The zero-order valence-corrected chi connectivity index (χ0v) is 10.5. The largest absolute Gasteiger partial charge is 0.481 e. The monoisotopic (exact) mass is 263 g/mol. The lowest BCUT2D eigenvalue weighted by Gasteiger charge is -2.16.